The minimum atomic E-state index is -0.456. The van der Waals surface area contributed by atoms with Crippen LogP contribution in [-0.2, 0) is 17.7 Å². The minimum absolute atomic E-state index is 0.365. The number of ether oxygens (including phenoxy) is 1. The lowest BCUT2D eigenvalue weighted by molar-refractivity contribution is 0.144. The highest BCUT2D eigenvalue weighted by atomic mass is 16.5. The van der Waals surface area contributed by atoms with Crippen LogP contribution in [0.1, 0.15) is 24.5 Å². The Kier molecular flexibility index (Phi) is 6.62. The van der Waals surface area contributed by atoms with Gasteiger partial charge in [0.1, 0.15) is 11.8 Å². The van der Waals surface area contributed by atoms with Gasteiger partial charge in [-0.2, -0.15) is 10.2 Å². The van der Waals surface area contributed by atoms with Crippen LogP contribution >= 0.6 is 0 Å². The Morgan fingerprint density at radius 3 is 2.89 bits per heavy atom. The van der Waals surface area contributed by atoms with Crippen LogP contribution in [0.4, 0.5) is 22.0 Å². The molecule has 0 unspecified atom stereocenters. The summed E-state index contributed by atoms with van der Waals surface area (Å²) in [6, 6.07) is 16.4. The summed E-state index contributed by atoms with van der Waals surface area (Å²) in [6.45, 7) is 5.01. The molecule has 10 heteroatoms. The first-order valence-electron chi connectivity index (χ1n) is 12.9. The highest BCUT2D eigenvalue weighted by Gasteiger charge is 2.20. The Hall–Kier alpha value is -4.44. The van der Waals surface area contributed by atoms with Crippen LogP contribution in [0.2, 0.25) is 0 Å². The Balaban J connectivity index is 1.22. The third kappa shape index (κ3) is 4.90. The fourth-order valence-electron chi connectivity index (χ4n) is 5.01. The summed E-state index contributed by atoms with van der Waals surface area (Å²) in [5.41, 5.74) is 5.56. The molecule has 10 nitrogen and oxygen atoms in total. The summed E-state index contributed by atoms with van der Waals surface area (Å²) >= 11 is 0. The van der Waals surface area contributed by atoms with E-state index in [-0.39, 0.29) is 0 Å². The number of hydrogen-bond acceptors (Lipinski definition) is 7. The average molecular weight is 511 g/mol. The molecular formula is C28H30N8O2. The van der Waals surface area contributed by atoms with E-state index in [9.17, 15) is 4.79 Å². The van der Waals surface area contributed by atoms with Crippen molar-refractivity contribution < 1.29 is 9.53 Å². The van der Waals surface area contributed by atoms with E-state index in [1.807, 2.05) is 42.1 Å². The number of aromatic nitrogens is 5. The standard InChI is InChI=1S/C28H30N8O2/c1-2-23-24(34-28(37)38-17-20-10-11-29-13-20)16-36-26(23)27(30-18-32-36)33-22-8-9-25-21(12-22)14-31-35(25)15-19-6-4-3-5-7-19/h3-9,12,14,16,18,20,29H,2,10-11,13,15,17H2,1H3,(H,34,37)(H,30,32,33)/t20-/m0/s1. The van der Waals surface area contributed by atoms with Gasteiger partial charge < -0.3 is 15.4 Å². The highest BCUT2D eigenvalue weighted by Crippen LogP contribution is 2.30. The molecule has 1 fully saturated rings. The zero-order valence-electron chi connectivity index (χ0n) is 21.2. The predicted octanol–water partition coefficient (Wildman–Crippen LogP) is 4.59. The number of nitrogens with one attached hydrogen (secondary N) is 3. The van der Waals surface area contributed by atoms with Crippen molar-refractivity contribution in [1.82, 2.24) is 29.7 Å². The smallest absolute Gasteiger partial charge is 0.411 e. The molecule has 0 bridgehead atoms. The zero-order valence-corrected chi connectivity index (χ0v) is 21.2. The number of amides is 1. The molecule has 1 saturated heterocycles. The van der Waals surface area contributed by atoms with Gasteiger partial charge >= 0.3 is 6.09 Å². The van der Waals surface area contributed by atoms with E-state index >= 15 is 0 Å². The molecule has 4 heterocycles. The maximum absolute atomic E-state index is 12.5. The van der Waals surface area contributed by atoms with Gasteiger partial charge in [-0.1, -0.05) is 37.3 Å². The van der Waals surface area contributed by atoms with Gasteiger partial charge in [-0.15, -0.1) is 0 Å². The number of aryl methyl sites for hydroxylation is 1. The van der Waals surface area contributed by atoms with Crippen molar-refractivity contribution in [3.05, 3.63) is 78.4 Å². The molecule has 3 aromatic heterocycles. The lowest BCUT2D eigenvalue weighted by atomic mass is 10.1. The Bertz CT molecular complexity index is 1570. The van der Waals surface area contributed by atoms with E-state index in [4.69, 9.17) is 4.74 Å². The normalized spacial score (nSPS) is 15.2. The number of anilines is 3. The van der Waals surface area contributed by atoms with Crippen molar-refractivity contribution >= 4 is 39.7 Å². The van der Waals surface area contributed by atoms with E-state index in [2.05, 4.69) is 55.4 Å². The van der Waals surface area contributed by atoms with Gasteiger partial charge in [0.2, 0.25) is 0 Å². The third-order valence-electron chi connectivity index (χ3n) is 6.96. The number of hydrogen-bond donors (Lipinski definition) is 3. The van der Waals surface area contributed by atoms with Gasteiger partial charge in [0.15, 0.2) is 5.82 Å². The second-order valence-corrected chi connectivity index (χ2v) is 9.55. The molecule has 194 valence electrons. The fourth-order valence-corrected chi connectivity index (χ4v) is 5.01. The topological polar surface area (TPSA) is 110 Å². The number of fused-ring (bicyclic) bond motifs is 2. The van der Waals surface area contributed by atoms with Gasteiger partial charge in [0.05, 0.1) is 36.7 Å². The van der Waals surface area contributed by atoms with Crippen LogP contribution in [0, 0.1) is 5.92 Å². The van der Waals surface area contributed by atoms with Crippen LogP contribution in [-0.4, -0.2) is 50.2 Å². The second-order valence-electron chi connectivity index (χ2n) is 9.55. The summed E-state index contributed by atoms with van der Waals surface area (Å²) in [6.07, 6.45) is 6.43. The molecule has 1 aliphatic rings. The molecule has 1 amide bonds. The maximum atomic E-state index is 12.5. The van der Waals surface area contributed by atoms with Crippen LogP contribution in [0.3, 0.4) is 0 Å². The molecule has 0 aliphatic carbocycles. The number of benzene rings is 2. The monoisotopic (exact) mass is 510 g/mol. The van der Waals surface area contributed by atoms with E-state index in [0.29, 0.717) is 37.0 Å². The maximum Gasteiger partial charge on any atom is 0.411 e. The quantitative estimate of drug-likeness (QED) is 0.280. The summed E-state index contributed by atoms with van der Waals surface area (Å²) < 4.78 is 9.21. The van der Waals surface area contributed by atoms with E-state index < -0.39 is 6.09 Å². The van der Waals surface area contributed by atoms with Crippen LogP contribution in [0.15, 0.2) is 67.3 Å². The van der Waals surface area contributed by atoms with Crippen LogP contribution in [0.25, 0.3) is 16.4 Å². The summed E-state index contributed by atoms with van der Waals surface area (Å²) in [7, 11) is 0. The Labute approximate surface area is 220 Å². The first-order chi connectivity index (χ1) is 18.7. The molecule has 38 heavy (non-hydrogen) atoms. The predicted molar refractivity (Wildman–Crippen MR) is 147 cm³/mol. The van der Waals surface area contributed by atoms with Gasteiger partial charge in [-0.25, -0.2) is 14.3 Å². The van der Waals surface area contributed by atoms with Crippen molar-refractivity contribution in [3.63, 3.8) is 0 Å². The molecule has 0 radical (unpaired) electrons. The summed E-state index contributed by atoms with van der Waals surface area (Å²) in [4.78, 5) is 17.0. The molecule has 0 saturated carbocycles. The first kappa shape index (κ1) is 23.9. The molecule has 3 N–H and O–H groups in total. The molecule has 2 aromatic carbocycles. The number of rotatable bonds is 8. The van der Waals surface area contributed by atoms with Gasteiger partial charge in [0.25, 0.3) is 0 Å². The zero-order chi connectivity index (χ0) is 25.9. The lowest BCUT2D eigenvalue weighted by Crippen LogP contribution is -2.20. The molecule has 5 aromatic rings. The van der Waals surface area contributed by atoms with E-state index in [1.165, 1.54) is 11.9 Å². The third-order valence-corrected chi connectivity index (χ3v) is 6.96. The summed E-state index contributed by atoms with van der Waals surface area (Å²) in [5, 5.41) is 19.6. The number of nitrogens with zero attached hydrogens (tertiary/aromatic N) is 5. The number of carbonyl (C=O) groups is 1. The van der Waals surface area contributed by atoms with Gasteiger partial charge in [0, 0.05) is 29.1 Å². The van der Waals surface area contributed by atoms with Crippen molar-refractivity contribution in [1.29, 1.82) is 0 Å². The van der Waals surface area contributed by atoms with Crippen LogP contribution < -0.4 is 16.0 Å². The molecule has 0 spiro atoms. The van der Waals surface area contributed by atoms with Crippen molar-refractivity contribution in [3.8, 4) is 0 Å². The fraction of sp³-hybridized carbons (Fsp3) is 0.286. The number of carbonyl (C=O) groups excluding carboxylic acids is 1. The largest absolute Gasteiger partial charge is 0.449 e. The first-order valence-corrected chi connectivity index (χ1v) is 12.9. The van der Waals surface area contributed by atoms with Crippen molar-refractivity contribution in [2.75, 3.05) is 30.3 Å². The van der Waals surface area contributed by atoms with Crippen molar-refractivity contribution in [2.45, 2.75) is 26.3 Å². The van der Waals surface area contributed by atoms with Gasteiger partial charge in [-0.3, -0.25) is 10.00 Å². The Morgan fingerprint density at radius 1 is 1.18 bits per heavy atom. The Morgan fingerprint density at radius 2 is 2.08 bits per heavy atom. The highest BCUT2D eigenvalue weighted by molar-refractivity contribution is 5.91. The van der Waals surface area contributed by atoms with Gasteiger partial charge in [-0.05, 0) is 43.1 Å². The SMILES string of the molecule is CCc1c(NC(=O)OC[C@H]2CCNC2)cn2ncnc(Nc3ccc4c(cnn4Cc4ccccc4)c3)c12. The average Bonchev–Trinajstić information content (AvgIpc) is 3.67. The molecule has 1 atom stereocenters. The van der Waals surface area contributed by atoms with E-state index in [1.54, 1.807) is 10.7 Å². The lowest BCUT2D eigenvalue weighted by Gasteiger charge is -2.11. The minimum Gasteiger partial charge on any atom is -0.449 e. The molecule has 1 aliphatic heterocycles. The summed E-state index contributed by atoms with van der Waals surface area (Å²) in [5.74, 6) is 1.02. The second kappa shape index (κ2) is 10.5. The van der Waals surface area contributed by atoms with E-state index in [0.717, 1.165) is 47.2 Å². The molecular weight excluding hydrogens is 480 g/mol. The van der Waals surface area contributed by atoms with Crippen LogP contribution in [0.5, 0.6) is 0 Å². The van der Waals surface area contributed by atoms with Crippen molar-refractivity contribution in [2.24, 2.45) is 5.92 Å². The molecule has 6 rings (SSSR count).